The lowest BCUT2D eigenvalue weighted by atomic mass is 10.1. The first kappa shape index (κ1) is 23.3. The van der Waals surface area contributed by atoms with Gasteiger partial charge in [-0.25, -0.2) is 9.97 Å². The van der Waals surface area contributed by atoms with Gasteiger partial charge in [0.05, 0.1) is 27.8 Å². The van der Waals surface area contributed by atoms with Crippen molar-refractivity contribution in [2.45, 2.75) is 6.04 Å². The van der Waals surface area contributed by atoms with E-state index in [9.17, 15) is 9.59 Å². The number of carbonyl (C=O) groups is 2. The van der Waals surface area contributed by atoms with Gasteiger partial charge in [0, 0.05) is 35.7 Å². The molecule has 1 atom stereocenters. The summed E-state index contributed by atoms with van der Waals surface area (Å²) in [5.41, 5.74) is 12.7. The van der Waals surface area contributed by atoms with Crippen LogP contribution in [0.4, 0.5) is 17.2 Å². The third-order valence-electron chi connectivity index (χ3n) is 5.37. The molecule has 5 N–H and O–H groups in total. The Morgan fingerprint density at radius 2 is 1.82 bits per heavy atom. The number of halogens is 3. The number of aromatic nitrogens is 2. The molecule has 1 aromatic heterocycles. The van der Waals surface area contributed by atoms with Gasteiger partial charge in [-0.15, -0.1) is 0 Å². The molecule has 2 aromatic carbocycles. The fourth-order valence-electron chi connectivity index (χ4n) is 3.82. The minimum atomic E-state index is -0.709. The first-order valence-corrected chi connectivity index (χ1v) is 11.1. The molecule has 2 heterocycles. The molecule has 12 heteroatoms. The fourth-order valence-corrected chi connectivity index (χ4v) is 4.58. The molecule has 2 amide bonds. The Morgan fingerprint density at radius 3 is 2.52 bits per heavy atom. The Kier molecular flexibility index (Phi) is 6.76. The first-order valence-electron chi connectivity index (χ1n) is 9.96. The molecule has 0 spiro atoms. The SMILES string of the molecule is NC(=O)C1CN(c2ncnc3cc(Cl)ccc23)CCN1CC(=O)Nc1c(Cl)cc(N)cc1Cl. The van der Waals surface area contributed by atoms with Crippen LogP contribution in [0.3, 0.4) is 0 Å². The summed E-state index contributed by atoms with van der Waals surface area (Å²) in [5.74, 6) is -0.254. The molecule has 1 aliphatic heterocycles. The van der Waals surface area contributed by atoms with Crippen LogP contribution in [0.1, 0.15) is 0 Å². The molecule has 4 rings (SSSR count). The molecule has 0 bridgehead atoms. The minimum Gasteiger partial charge on any atom is -0.399 e. The summed E-state index contributed by atoms with van der Waals surface area (Å²) < 4.78 is 0. The Morgan fingerprint density at radius 1 is 1.09 bits per heavy atom. The first-order chi connectivity index (χ1) is 15.7. The number of amides is 2. The van der Waals surface area contributed by atoms with E-state index < -0.39 is 11.9 Å². The average molecular weight is 509 g/mol. The van der Waals surface area contributed by atoms with E-state index >= 15 is 0 Å². The van der Waals surface area contributed by atoms with Crippen molar-refractivity contribution in [2.75, 3.05) is 42.1 Å². The zero-order chi connectivity index (χ0) is 23.7. The van der Waals surface area contributed by atoms with Crippen LogP contribution in [0.2, 0.25) is 15.1 Å². The zero-order valence-corrected chi connectivity index (χ0v) is 19.5. The van der Waals surface area contributed by atoms with E-state index in [0.717, 1.165) is 5.39 Å². The summed E-state index contributed by atoms with van der Waals surface area (Å²) >= 11 is 18.4. The lowest BCUT2D eigenvalue weighted by Crippen LogP contribution is -2.59. The lowest BCUT2D eigenvalue weighted by molar-refractivity contribution is -0.125. The predicted molar refractivity (Wildman–Crippen MR) is 131 cm³/mol. The van der Waals surface area contributed by atoms with Gasteiger partial charge >= 0.3 is 0 Å². The number of nitrogen functional groups attached to an aromatic ring is 1. The van der Waals surface area contributed by atoms with Gasteiger partial charge in [-0.3, -0.25) is 14.5 Å². The quantitative estimate of drug-likeness (QED) is 0.452. The number of primary amides is 1. The largest absolute Gasteiger partial charge is 0.399 e. The number of anilines is 3. The second-order valence-corrected chi connectivity index (χ2v) is 8.85. The van der Waals surface area contributed by atoms with Gasteiger partial charge in [-0.2, -0.15) is 0 Å². The van der Waals surface area contributed by atoms with Crippen molar-refractivity contribution in [1.82, 2.24) is 14.9 Å². The predicted octanol–water partition coefficient (Wildman–Crippen LogP) is 2.79. The number of rotatable bonds is 5. The molecule has 0 aliphatic carbocycles. The molecule has 33 heavy (non-hydrogen) atoms. The summed E-state index contributed by atoms with van der Waals surface area (Å²) in [6, 6.07) is 7.63. The van der Waals surface area contributed by atoms with Crippen molar-refractivity contribution in [1.29, 1.82) is 0 Å². The second-order valence-electron chi connectivity index (χ2n) is 7.60. The van der Waals surface area contributed by atoms with Crippen molar-refractivity contribution in [3.63, 3.8) is 0 Å². The smallest absolute Gasteiger partial charge is 0.238 e. The van der Waals surface area contributed by atoms with Crippen molar-refractivity contribution in [3.05, 3.63) is 51.7 Å². The van der Waals surface area contributed by atoms with Crippen molar-refractivity contribution >= 4 is 74.7 Å². The Labute approximate surface area is 204 Å². The number of fused-ring (bicyclic) bond motifs is 1. The van der Waals surface area contributed by atoms with Crippen LogP contribution in [0.5, 0.6) is 0 Å². The number of hydrogen-bond acceptors (Lipinski definition) is 7. The standard InChI is InChI=1S/C21H20Cl3N7O2/c22-11-1-2-13-16(5-11)27-10-28-21(13)31-4-3-30(17(8-31)20(26)33)9-18(32)29-19-14(23)6-12(25)7-15(19)24/h1-2,5-7,10,17H,3-4,8-9,25H2,(H2,26,33)(H,29,32). The second kappa shape index (κ2) is 9.56. The summed E-state index contributed by atoms with van der Waals surface area (Å²) in [7, 11) is 0. The van der Waals surface area contributed by atoms with Gasteiger partial charge in [-0.1, -0.05) is 34.8 Å². The minimum absolute atomic E-state index is 0.0708. The maximum Gasteiger partial charge on any atom is 0.238 e. The van der Waals surface area contributed by atoms with Crippen LogP contribution in [-0.4, -0.2) is 58.9 Å². The Balaban J connectivity index is 1.50. The summed E-state index contributed by atoms with van der Waals surface area (Å²) in [6.45, 7) is 1.12. The molecule has 0 saturated carbocycles. The third-order valence-corrected chi connectivity index (χ3v) is 6.20. The normalized spacial score (nSPS) is 16.7. The van der Waals surface area contributed by atoms with Crippen molar-refractivity contribution in [2.24, 2.45) is 5.73 Å². The number of nitrogens with zero attached hydrogens (tertiary/aromatic N) is 4. The summed E-state index contributed by atoms with van der Waals surface area (Å²) in [4.78, 5) is 37.3. The number of nitrogens with two attached hydrogens (primary N) is 2. The van der Waals surface area contributed by atoms with Crippen LogP contribution in [0.25, 0.3) is 10.9 Å². The number of piperazine rings is 1. The molecular weight excluding hydrogens is 489 g/mol. The summed E-state index contributed by atoms with van der Waals surface area (Å²) in [6.07, 6.45) is 1.45. The highest BCUT2D eigenvalue weighted by atomic mass is 35.5. The summed E-state index contributed by atoms with van der Waals surface area (Å²) in [5, 5.41) is 4.51. The molecule has 1 fully saturated rings. The van der Waals surface area contributed by atoms with E-state index in [-0.39, 0.29) is 34.7 Å². The third kappa shape index (κ3) is 5.06. The highest BCUT2D eigenvalue weighted by Crippen LogP contribution is 2.33. The van der Waals surface area contributed by atoms with Crippen molar-refractivity contribution < 1.29 is 9.59 Å². The van der Waals surface area contributed by atoms with Crippen LogP contribution in [-0.2, 0) is 9.59 Å². The van der Waals surface area contributed by atoms with Crippen LogP contribution >= 0.6 is 34.8 Å². The topological polar surface area (TPSA) is 130 Å². The highest BCUT2D eigenvalue weighted by molar-refractivity contribution is 6.40. The van der Waals surface area contributed by atoms with E-state index in [4.69, 9.17) is 46.3 Å². The van der Waals surface area contributed by atoms with Gasteiger partial charge in [0.15, 0.2) is 0 Å². The van der Waals surface area contributed by atoms with Crippen LogP contribution in [0, 0.1) is 0 Å². The monoisotopic (exact) mass is 507 g/mol. The lowest BCUT2D eigenvalue weighted by Gasteiger charge is -2.40. The molecule has 1 saturated heterocycles. The molecule has 9 nitrogen and oxygen atoms in total. The van der Waals surface area contributed by atoms with Gasteiger partial charge in [0.2, 0.25) is 11.8 Å². The molecule has 1 unspecified atom stereocenters. The van der Waals surface area contributed by atoms with Crippen LogP contribution < -0.4 is 21.7 Å². The van der Waals surface area contributed by atoms with E-state index in [0.29, 0.717) is 35.1 Å². The van der Waals surface area contributed by atoms with E-state index in [2.05, 4.69) is 15.3 Å². The molecule has 3 aromatic rings. The van der Waals surface area contributed by atoms with Gasteiger partial charge in [0.1, 0.15) is 18.2 Å². The van der Waals surface area contributed by atoms with Gasteiger partial charge in [0.25, 0.3) is 0 Å². The van der Waals surface area contributed by atoms with Crippen molar-refractivity contribution in [3.8, 4) is 0 Å². The van der Waals surface area contributed by atoms with Crippen LogP contribution in [0.15, 0.2) is 36.7 Å². The molecule has 172 valence electrons. The molecule has 1 aliphatic rings. The van der Waals surface area contributed by atoms with E-state index in [1.807, 2.05) is 11.0 Å². The van der Waals surface area contributed by atoms with Gasteiger partial charge in [-0.05, 0) is 30.3 Å². The Hall–Kier alpha value is -2.85. The molecular formula is C21H20Cl3N7O2. The van der Waals surface area contributed by atoms with Gasteiger partial charge < -0.3 is 21.7 Å². The number of benzene rings is 2. The zero-order valence-electron chi connectivity index (χ0n) is 17.3. The fraction of sp³-hybridized carbons (Fsp3) is 0.238. The maximum atomic E-state index is 12.7. The molecule has 0 radical (unpaired) electrons. The Bertz CT molecular complexity index is 1220. The number of carbonyl (C=O) groups excluding carboxylic acids is 2. The highest BCUT2D eigenvalue weighted by Gasteiger charge is 2.33. The van der Waals surface area contributed by atoms with E-state index in [1.54, 1.807) is 17.0 Å². The maximum absolute atomic E-state index is 12.7. The average Bonchev–Trinajstić information content (AvgIpc) is 2.75. The number of nitrogens with one attached hydrogen (secondary N) is 1. The van der Waals surface area contributed by atoms with E-state index in [1.165, 1.54) is 18.5 Å². The number of hydrogen-bond donors (Lipinski definition) is 3.